The van der Waals surface area contributed by atoms with Crippen molar-refractivity contribution in [3.8, 4) is 6.07 Å². The molecule has 0 aromatic heterocycles. The molecule has 0 spiro atoms. The molecule has 1 aliphatic carbocycles. The predicted octanol–water partition coefficient (Wildman–Crippen LogP) is 4.65. The highest BCUT2D eigenvalue weighted by Crippen LogP contribution is 2.36. The summed E-state index contributed by atoms with van der Waals surface area (Å²) in [4.78, 5) is 0. The SMILES string of the molecule is N#CC1=C(c2ccccc2)C=C(c2cccc(Br)c2)C1=NO. The maximum atomic E-state index is 9.48. The van der Waals surface area contributed by atoms with Crippen molar-refractivity contribution in [2.75, 3.05) is 0 Å². The minimum Gasteiger partial charge on any atom is -0.410 e. The molecule has 0 atom stereocenters. The van der Waals surface area contributed by atoms with E-state index in [0.29, 0.717) is 11.3 Å². The Labute approximate surface area is 136 Å². The Kier molecular flexibility index (Phi) is 3.90. The number of hydrogen-bond acceptors (Lipinski definition) is 3. The highest BCUT2D eigenvalue weighted by Gasteiger charge is 2.26. The number of hydrogen-bond donors (Lipinski definition) is 1. The van der Waals surface area contributed by atoms with Crippen LogP contribution in [0.25, 0.3) is 11.1 Å². The van der Waals surface area contributed by atoms with Gasteiger partial charge < -0.3 is 5.21 Å². The molecular formula is C18H11BrN2O. The van der Waals surface area contributed by atoms with Crippen LogP contribution < -0.4 is 0 Å². The fraction of sp³-hybridized carbons (Fsp3) is 0. The third-order valence-corrected chi connectivity index (χ3v) is 3.98. The molecule has 3 nitrogen and oxygen atoms in total. The summed E-state index contributed by atoms with van der Waals surface area (Å²) in [6.45, 7) is 0. The summed E-state index contributed by atoms with van der Waals surface area (Å²) in [6, 6.07) is 19.4. The molecule has 0 amide bonds. The summed E-state index contributed by atoms with van der Waals surface area (Å²) in [7, 11) is 0. The van der Waals surface area contributed by atoms with Crippen molar-refractivity contribution in [3.05, 3.63) is 81.8 Å². The molecule has 1 N–H and O–H groups in total. The van der Waals surface area contributed by atoms with E-state index in [1.54, 1.807) is 0 Å². The maximum Gasteiger partial charge on any atom is 0.128 e. The molecule has 0 unspecified atom stereocenters. The van der Waals surface area contributed by atoms with Crippen molar-refractivity contribution in [2.24, 2.45) is 5.16 Å². The van der Waals surface area contributed by atoms with Gasteiger partial charge in [0.05, 0.1) is 5.57 Å². The Balaban J connectivity index is 2.18. The van der Waals surface area contributed by atoms with Gasteiger partial charge >= 0.3 is 0 Å². The molecular weight excluding hydrogens is 340 g/mol. The lowest BCUT2D eigenvalue weighted by Gasteiger charge is -2.04. The van der Waals surface area contributed by atoms with Crippen molar-refractivity contribution < 1.29 is 5.21 Å². The smallest absolute Gasteiger partial charge is 0.128 e. The number of oxime groups is 1. The molecule has 2 aromatic rings. The summed E-state index contributed by atoms with van der Waals surface area (Å²) in [5.41, 5.74) is 4.00. The zero-order valence-corrected chi connectivity index (χ0v) is 13.1. The lowest BCUT2D eigenvalue weighted by Crippen LogP contribution is -2.01. The highest BCUT2D eigenvalue weighted by molar-refractivity contribution is 9.10. The van der Waals surface area contributed by atoms with Gasteiger partial charge in [-0.2, -0.15) is 5.26 Å². The van der Waals surface area contributed by atoms with Crippen LogP contribution in [0.2, 0.25) is 0 Å². The minimum absolute atomic E-state index is 0.305. The van der Waals surface area contributed by atoms with Crippen molar-refractivity contribution >= 4 is 32.8 Å². The lowest BCUT2D eigenvalue weighted by atomic mass is 10.0. The molecule has 0 radical (unpaired) electrons. The summed E-state index contributed by atoms with van der Waals surface area (Å²) >= 11 is 3.44. The summed E-state index contributed by atoms with van der Waals surface area (Å²) < 4.78 is 0.926. The molecule has 0 fully saturated rings. The average molecular weight is 351 g/mol. The van der Waals surface area contributed by atoms with Crippen LogP contribution in [-0.2, 0) is 0 Å². The molecule has 0 bridgehead atoms. The average Bonchev–Trinajstić information content (AvgIpc) is 2.94. The first-order valence-corrected chi connectivity index (χ1v) is 7.44. The molecule has 0 saturated heterocycles. The second kappa shape index (κ2) is 6.00. The Bertz CT molecular complexity index is 858. The van der Waals surface area contributed by atoms with Gasteiger partial charge in [0.1, 0.15) is 11.8 Å². The van der Waals surface area contributed by atoms with Crippen LogP contribution in [0.1, 0.15) is 11.1 Å². The molecule has 22 heavy (non-hydrogen) atoms. The van der Waals surface area contributed by atoms with E-state index in [1.807, 2.05) is 60.7 Å². The van der Waals surface area contributed by atoms with Crippen molar-refractivity contribution in [1.82, 2.24) is 0 Å². The van der Waals surface area contributed by atoms with E-state index in [-0.39, 0.29) is 0 Å². The monoisotopic (exact) mass is 350 g/mol. The van der Waals surface area contributed by atoms with Gasteiger partial charge in [0.25, 0.3) is 0 Å². The number of halogens is 1. The van der Waals surface area contributed by atoms with Gasteiger partial charge in [-0.25, -0.2) is 0 Å². The van der Waals surface area contributed by atoms with Gasteiger partial charge in [0.15, 0.2) is 0 Å². The Morgan fingerprint density at radius 1 is 1.00 bits per heavy atom. The van der Waals surface area contributed by atoms with Gasteiger partial charge in [-0.1, -0.05) is 63.6 Å². The van der Waals surface area contributed by atoms with Crippen molar-refractivity contribution in [3.63, 3.8) is 0 Å². The molecule has 0 saturated carbocycles. The third kappa shape index (κ3) is 2.47. The number of benzene rings is 2. The first-order chi connectivity index (χ1) is 10.7. The van der Waals surface area contributed by atoms with E-state index < -0.39 is 0 Å². The van der Waals surface area contributed by atoms with Gasteiger partial charge in [0.2, 0.25) is 0 Å². The minimum atomic E-state index is 0.305. The van der Waals surface area contributed by atoms with E-state index in [2.05, 4.69) is 27.2 Å². The number of allylic oxidation sites excluding steroid dienone is 4. The standard InChI is InChI=1S/C18H11BrN2O/c19-14-8-4-7-13(9-14)16-10-15(12-5-2-1-3-6-12)17(11-20)18(16)21-22/h1-10,22H. The summed E-state index contributed by atoms with van der Waals surface area (Å²) in [5.74, 6) is 0. The normalized spacial score (nSPS) is 15.8. The van der Waals surface area contributed by atoms with E-state index >= 15 is 0 Å². The molecule has 106 valence electrons. The van der Waals surface area contributed by atoms with E-state index in [9.17, 15) is 10.5 Å². The molecule has 0 heterocycles. The first kappa shape index (κ1) is 14.3. The van der Waals surface area contributed by atoms with Crippen LogP contribution in [0.15, 0.2) is 75.9 Å². The number of nitrogens with zero attached hydrogens (tertiary/aromatic N) is 2. The zero-order chi connectivity index (χ0) is 15.5. The van der Waals surface area contributed by atoms with E-state index in [1.165, 1.54) is 0 Å². The van der Waals surface area contributed by atoms with E-state index in [4.69, 9.17) is 0 Å². The first-order valence-electron chi connectivity index (χ1n) is 6.65. The fourth-order valence-electron chi connectivity index (χ4n) is 2.49. The molecule has 1 aliphatic rings. The van der Waals surface area contributed by atoms with Gasteiger partial charge in [-0.3, -0.25) is 0 Å². The van der Waals surface area contributed by atoms with Crippen LogP contribution in [0.5, 0.6) is 0 Å². The van der Waals surface area contributed by atoms with Crippen molar-refractivity contribution in [2.45, 2.75) is 0 Å². The lowest BCUT2D eigenvalue weighted by molar-refractivity contribution is 0.320. The number of nitriles is 1. The molecule has 4 heteroatoms. The highest BCUT2D eigenvalue weighted by atomic mass is 79.9. The largest absolute Gasteiger partial charge is 0.410 e. The van der Waals surface area contributed by atoms with Crippen molar-refractivity contribution in [1.29, 1.82) is 5.26 Å². The molecule has 0 aliphatic heterocycles. The van der Waals surface area contributed by atoms with Crippen LogP contribution >= 0.6 is 15.9 Å². The fourth-order valence-corrected chi connectivity index (χ4v) is 2.88. The second-order valence-corrected chi connectivity index (χ2v) is 5.70. The summed E-state index contributed by atoms with van der Waals surface area (Å²) in [5, 5.41) is 22.2. The Morgan fingerprint density at radius 3 is 2.36 bits per heavy atom. The Hall–Kier alpha value is -2.64. The van der Waals surface area contributed by atoms with E-state index in [0.717, 1.165) is 26.7 Å². The van der Waals surface area contributed by atoms with Gasteiger partial charge in [-0.05, 0) is 29.3 Å². The number of rotatable bonds is 2. The van der Waals surface area contributed by atoms with Crippen LogP contribution in [0.3, 0.4) is 0 Å². The second-order valence-electron chi connectivity index (χ2n) is 4.78. The van der Waals surface area contributed by atoms with Crippen LogP contribution in [0.4, 0.5) is 0 Å². The molecule has 3 rings (SSSR count). The quantitative estimate of drug-likeness (QED) is 0.632. The topological polar surface area (TPSA) is 56.4 Å². The zero-order valence-electron chi connectivity index (χ0n) is 11.5. The third-order valence-electron chi connectivity index (χ3n) is 3.48. The maximum absolute atomic E-state index is 9.48. The van der Waals surface area contributed by atoms with Gasteiger partial charge in [0, 0.05) is 15.6 Å². The molecule has 2 aromatic carbocycles. The predicted molar refractivity (Wildman–Crippen MR) is 90.3 cm³/mol. The summed E-state index contributed by atoms with van der Waals surface area (Å²) in [6.07, 6.45) is 1.89. The van der Waals surface area contributed by atoms with Crippen LogP contribution in [-0.4, -0.2) is 10.9 Å². The van der Waals surface area contributed by atoms with Gasteiger partial charge in [-0.15, -0.1) is 0 Å². The Morgan fingerprint density at radius 2 is 1.73 bits per heavy atom. The van der Waals surface area contributed by atoms with Crippen LogP contribution in [0, 0.1) is 11.3 Å².